The first kappa shape index (κ1) is 22.6. The van der Waals surface area contributed by atoms with Crippen molar-refractivity contribution in [3.05, 3.63) is 29.3 Å². The van der Waals surface area contributed by atoms with Gasteiger partial charge >= 0.3 is 6.18 Å². The molecule has 0 radical (unpaired) electrons. The lowest BCUT2D eigenvalue weighted by atomic mass is 9.97. The number of benzene rings is 1. The highest BCUT2D eigenvalue weighted by Gasteiger charge is 2.38. The minimum absolute atomic E-state index is 0. The number of carbonyl (C=O) groups is 1. The van der Waals surface area contributed by atoms with E-state index in [4.69, 9.17) is 10.5 Å². The zero-order chi connectivity index (χ0) is 18.9. The van der Waals surface area contributed by atoms with Crippen LogP contribution in [-0.2, 0) is 17.5 Å². The second-order valence-electron chi connectivity index (χ2n) is 7.58. The molecule has 1 aliphatic carbocycles. The first-order chi connectivity index (χ1) is 11.4. The fourth-order valence-electron chi connectivity index (χ4n) is 2.98. The average Bonchev–Trinajstić information content (AvgIpc) is 2.91. The van der Waals surface area contributed by atoms with Crippen LogP contribution in [0.2, 0.25) is 0 Å². The highest BCUT2D eigenvalue weighted by molar-refractivity contribution is 5.86. The van der Waals surface area contributed by atoms with Crippen LogP contribution in [0.15, 0.2) is 18.2 Å². The molecule has 0 saturated heterocycles. The van der Waals surface area contributed by atoms with Crippen molar-refractivity contribution in [2.45, 2.75) is 70.3 Å². The van der Waals surface area contributed by atoms with Gasteiger partial charge in [-0.2, -0.15) is 13.2 Å². The van der Waals surface area contributed by atoms with Crippen LogP contribution in [0.3, 0.4) is 0 Å². The molecule has 0 atom stereocenters. The smallest absolute Gasteiger partial charge is 0.416 e. The Hall–Kier alpha value is -1.47. The Labute approximate surface area is 158 Å². The van der Waals surface area contributed by atoms with Crippen molar-refractivity contribution < 1.29 is 22.7 Å². The lowest BCUT2D eigenvalue weighted by Gasteiger charge is -2.24. The molecule has 26 heavy (non-hydrogen) atoms. The van der Waals surface area contributed by atoms with Gasteiger partial charge in [0.15, 0.2) is 0 Å². The van der Waals surface area contributed by atoms with E-state index in [1.54, 1.807) is 20.8 Å². The van der Waals surface area contributed by atoms with Gasteiger partial charge in [0.2, 0.25) is 5.91 Å². The fourth-order valence-corrected chi connectivity index (χ4v) is 2.98. The van der Waals surface area contributed by atoms with E-state index in [-0.39, 0.29) is 30.3 Å². The SMILES string of the molecule is CC(C)(C)Oc1ccc(CNC(=O)C2(N)CCCC2)c(C(F)(F)F)c1.Cl. The average molecular weight is 395 g/mol. The first-order valence-electron chi connectivity index (χ1n) is 8.37. The predicted octanol–water partition coefficient (Wildman–Crippen LogP) is 4.19. The molecule has 2 rings (SSSR count). The normalized spacial score (nSPS) is 16.7. The third kappa shape index (κ3) is 5.77. The number of hydrogen-bond acceptors (Lipinski definition) is 3. The lowest BCUT2D eigenvalue weighted by Crippen LogP contribution is -2.51. The largest absolute Gasteiger partial charge is 0.488 e. The molecule has 1 fully saturated rings. The third-order valence-corrected chi connectivity index (χ3v) is 4.20. The van der Waals surface area contributed by atoms with E-state index < -0.39 is 28.8 Å². The number of alkyl halides is 3. The number of ether oxygens (including phenoxy) is 1. The summed E-state index contributed by atoms with van der Waals surface area (Å²) in [5.74, 6) is -0.255. The summed E-state index contributed by atoms with van der Waals surface area (Å²) in [4.78, 5) is 12.2. The van der Waals surface area contributed by atoms with Gasteiger partial charge in [-0.05, 0) is 51.3 Å². The van der Waals surface area contributed by atoms with E-state index >= 15 is 0 Å². The van der Waals surface area contributed by atoms with Crippen LogP contribution in [0.25, 0.3) is 0 Å². The van der Waals surface area contributed by atoms with Gasteiger partial charge in [-0.25, -0.2) is 0 Å². The maximum atomic E-state index is 13.4. The third-order valence-electron chi connectivity index (χ3n) is 4.20. The highest BCUT2D eigenvalue weighted by atomic mass is 35.5. The van der Waals surface area contributed by atoms with Crippen LogP contribution in [0, 0.1) is 0 Å². The molecule has 0 unspecified atom stereocenters. The van der Waals surface area contributed by atoms with Crippen molar-refractivity contribution in [3.63, 3.8) is 0 Å². The fraction of sp³-hybridized carbons (Fsp3) is 0.611. The Kier molecular flexibility index (Phi) is 6.98. The van der Waals surface area contributed by atoms with E-state index in [0.29, 0.717) is 12.8 Å². The van der Waals surface area contributed by atoms with Gasteiger partial charge in [0.05, 0.1) is 11.1 Å². The van der Waals surface area contributed by atoms with Gasteiger partial charge in [0.25, 0.3) is 0 Å². The van der Waals surface area contributed by atoms with Crippen molar-refractivity contribution in [3.8, 4) is 5.75 Å². The summed E-state index contributed by atoms with van der Waals surface area (Å²) in [5, 5.41) is 2.56. The summed E-state index contributed by atoms with van der Waals surface area (Å²) in [6.07, 6.45) is -1.70. The van der Waals surface area contributed by atoms with Crippen LogP contribution in [0.5, 0.6) is 5.75 Å². The van der Waals surface area contributed by atoms with Gasteiger partial charge in [0.1, 0.15) is 11.4 Å². The number of hydrogen-bond donors (Lipinski definition) is 2. The summed E-state index contributed by atoms with van der Waals surface area (Å²) in [6, 6.07) is 3.79. The van der Waals surface area contributed by atoms with Crippen molar-refractivity contribution in [2.75, 3.05) is 0 Å². The van der Waals surface area contributed by atoms with E-state index in [2.05, 4.69) is 5.32 Å². The Morgan fingerprint density at radius 3 is 2.31 bits per heavy atom. The molecular formula is C18H26ClF3N2O2. The number of carbonyl (C=O) groups excluding carboxylic acids is 1. The molecule has 3 N–H and O–H groups in total. The molecule has 0 heterocycles. The Morgan fingerprint density at radius 2 is 1.81 bits per heavy atom. The van der Waals surface area contributed by atoms with Crippen molar-refractivity contribution in [1.29, 1.82) is 0 Å². The molecule has 1 aliphatic rings. The standard InChI is InChI=1S/C18H25F3N2O2.ClH/c1-16(2,3)25-13-7-6-12(14(10-13)18(19,20)21)11-23-15(24)17(22)8-4-5-9-17;/h6-7,10H,4-5,8-9,11,22H2,1-3H3,(H,23,24);1H. The number of amides is 1. The highest BCUT2D eigenvalue weighted by Crippen LogP contribution is 2.35. The maximum Gasteiger partial charge on any atom is 0.416 e. The van der Waals surface area contributed by atoms with Gasteiger partial charge < -0.3 is 15.8 Å². The van der Waals surface area contributed by atoms with Crippen molar-refractivity contribution >= 4 is 18.3 Å². The van der Waals surface area contributed by atoms with Gasteiger partial charge in [-0.1, -0.05) is 18.9 Å². The minimum atomic E-state index is -4.54. The Morgan fingerprint density at radius 1 is 1.23 bits per heavy atom. The number of rotatable bonds is 4. The molecule has 1 amide bonds. The summed E-state index contributed by atoms with van der Waals surface area (Å²) >= 11 is 0. The molecule has 0 spiro atoms. The number of nitrogens with one attached hydrogen (secondary N) is 1. The molecule has 1 aromatic rings. The van der Waals surface area contributed by atoms with E-state index in [1.807, 2.05) is 0 Å². The molecule has 8 heteroatoms. The molecule has 148 valence electrons. The Balaban J connectivity index is 0.00000338. The van der Waals surface area contributed by atoms with Crippen LogP contribution in [0.4, 0.5) is 13.2 Å². The first-order valence-corrected chi connectivity index (χ1v) is 8.37. The molecule has 4 nitrogen and oxygen atoms in total. The van der Waals surface area contributed by atoms with Gasteiger partial charge in [-0.15, -0.1) is 12.4 Å². The summed E-state index contributed by atoms with van der Waals surface area (Å²) in [6.45, 7) is 5.06. The quantitative estimate of drug-likeness (QED) is 0.804. The van der Waals surface area contributed by atoms with Gasteiger partial charge in [0, 0.05) is 6.54 Å². The number of halogens is 4. The molecule has 0 aliphatic heterocycles. The topological polar surface area (TPSA) is 64.3 Å². The molecule has 1 saturated carbocycles. The van der Waals surface area contributed by atoms with Crippen LogP contribution in [-0.4, -0.2) is 17.0 Å². The molecule has 0 bridgehead atoms. The summed E-state index contributed by atoms with van der Waals surface area (Å²) in [5.41, 5.74) is 3.64. The van der Waals surface area contributed by atoms with Crippen LogP contribution < -0.4 is 15.8 Å². The van der Waals surface area contributed by atoms with Crippen LogP contribution >= 0.6 is 12.4 Å². The maximum absolute atomic E-state index is 13.4. The lowest BCUT2D eigenvalue weighted by molar-refractivity contribution is -0.138. The number of nitrogens with two attached hydrogens (primary N) is 1. The zero-order valence-corrected chi connectivity index (χ0v) is 16.0. The monoisotopic (exact) mass is 394 g/mol. The second-order valence-corrected chi connectivity index (χ2v) is 7.58. The molecule has 0 aromatic heterocycles. The second kappa shape index (κ2) is 8.05. The van der Waals surface area contributed by atoms with E-state index in [9.17, 15) is 18.0 Å². The van der Waals surface area contributed by atoms with Crippen molar-refractivity contribution in [2.24, 2.45) is 5.73 Å². The van der Waals surface area contributed by atoms with Crippen molar-refractivity contribution in [1.82, 2.24) is 5.32 Å². The molecular weight excluding hydrogens is 369 g/mol. The zero-order valence-electron chi connectivity index (χ0n) is 15.2. The predicted molar refractivity (Wildman–Crippen MR) is 96.3 cm³/mol. The van der Waals surface area contributed by atoms with Gasteiger partial charge in [-0.3, -0.25) is 4.79 Å². The minimum Gasteiger partial charge on any atom is -0.488 e. The molecule has 1 aromatic carbocycles. The van der Waals surface area contributed by atoms with E-state index in [0.717, 1.165) is 18.9 Å². The Bertz CT molecular complexity index is 636. The summed E-state index contributed by atoms with van der Waals surface area (Å²) < 4.78 is 45.6. The van der Waals surface area contributed by atoms with E-state index in [1.165, 1.54) is 12.1 Å². The van der Waals surface area contributed by atoms with Crippen LogP contribution in [0.1, 0.15) is 57.6 Å². The summed E-state index contributed by atoms with van der Waals surface area (Å²) in [7, 11) is 0.